The Morgan fingerprint density at radius 2 is 2.00 bits per heavy atom. The number of nitrogens with one attached hydrogen (secondary N) is 1. The number of fused-ring (bicyclic) bond motifs is 1. The molecule has 9 heteroatoms. The second-order valence-electron chi connectivity index (χ2n) is 5.64. The molecule has 0 unspecified atom stereocenters. The van der Waals surface area contributed by atoms with E-state index in [4.69, 9.17) is 0 Å². The number of halogens is 3. The van der Waals surface area contributed by atoms with Crippen LogP contribution in [0.4, 0.5) is 13.2 Å². The second-order valence-corrected chi connectivity index (χ2v) is 8.91. The number of thiazole rings is 1. The summed E-state index contributed by atoms with van der Waals surface area (Å²) in [7, 11) is -3.55. The van der Waals surface area contributed by atoms with Gasteiger partial charge < -0.3 is 5.32 Å². The highest BCUT2D eigenvalue weighted by Gasteiger charge is 2.31. The van der Waals surface area contributed by atoms with Gasteiger partial charge in [0.1, 0.15) is 5.01 Å². The summed E-state index contributed by atoms with van der Waals surface area (Å²) in [6.07, 6.45) is 0.194. The number of sulfone groups is 1. The van der Waals surface area contributed by atoms with Gasteiger partial charge >= 0.3 is 6.18 Å². The Morgan fingerprint density at radius 3 is 2.65 bits per heavy atom. The molecule has 26 heavy (non-hydrogen) atoms. The van der Waals surface area contributed by atoms with Gasteiger partial charge in [-0.05, 0) is 37.3 Å². The van der Waals surface area contributed by atoms with Crippen molar-refractivity contribution in [3.05, 3.63) is 57.7 Å². The lowest BCUT2D eigenvalue weighted by Crippen LogP contribution is -2.12. The molecular formula is C17H15F3N2O2S2. The summed E-state index contributed by atoms with van der Waals surface area (Å²) in [6.45, 7) is 3.25. The third-order valence-corrected chi connectivity index (χ3v) is 6.73. The maximum Gasteiger partial charge on any atom is 0.416 e. The Bertz CT molecular complexity index is 1060. The molecule has 1 aliphatic rings. The number of benzene rings is 1. The summed E-state index contributed by atoms with van der Waals surface area (Å²) < 4.78 is 64.3. The van der Waals surface area contributed by atoms with E-state index in [-0.39, 0.29) is 16.2 Å². The largest absolute Gasteiger partial charge is 0.416 e. The molecule has 0 atom stereocenters. The number of alkyl halides is 3. The molecule has 1 aliphatic heterocycles. The number of nitrogens with zero attached hydrogens (tertiary/aromatic N) is 1. The number of rotatable bonds is 3. The minimum absolute atomic E-state index is 0.0907. The number of allylic oxidation sites excluding steroid dienone is 4. The molecule has 138 valence electrons. The van der Waals surface area contributed by atoms with Gasteiger partial charge in [-0.1, -0.05) is 6.92 Å². The van der Waals surface area contributed by atoms with E-state index >= 15 is 0 Å². The van der Waals surface area contributed by atoms with Crippen LogP contribution in [0, 0.1) is 0 Å². The van der Waals surface area contributed by atoms with Crippen molar-refractivity contribution < 1.29 is 21.6 Å². The van der Waals surface area contributed by atoms with Crippen LogP contribution in [0.25, 0.3) is 15.8 Å². The van der Waals surface area contributed by atoms with E-state index in [2.05, 4.69) is 10.3 Å². The molecule has 4 nitrogen and oxygen atoms in total. The molecule has 0 bridgehead atoms. The molecule has 0 saturated carbocycles. The quantitative estimate of drug-likeness (QED) is 0.825. The highest BCUT2D eigenvalue weighted by Crippen LogP contribution is 2.38. The lowest BCUT2D eigenvalue weighted by molar-refractivity contribution is -0.137. The molecule has 0 radical (unpaired) electrons. The molecule has 0 amide bonds. The smallest absolute Gasteiger partial charge is 0.365 e. The molecule has 0 aliphatic carbocycles. The van der Waals surface area contributed by atoms with E-state index in [0.29, 0.717) is 21.0 Å². The monoisotopic (exact) mass is 400 g/mol. The number of hydrogen-bond acceptors (Lipinski definition) is 5. The molecule has 1 aromatic heterocycles. The van der Waals surface area contributed by atoms with Crippen molar-refractivity contribution in [1.82, 2.24) is 10.3 Å². The van der Waals surface area contributed by atoms with Crippen LogP contribution in [-0.2, 0) is 16.0 Å². The fourth-order valence-electron chi connectivity index (χ4n) is 2.54. The van der Waals surface area contributed by atoms with Crippen molar-refractivity contribution in [2.75, 3.05) is 5.75 Å². The predicted molar refractivity (Wildman–Crippen MR) is 97.0 cm³/mol. The second kappa shape index (κ2) is 6.55. The van der Waals surface area contributed by atoms with Crippen LogP contribution in [0.1, 0.15) is 24.4 Å². The van der Waals surface area contributed by atoms with Crippen molar-refractivity contribution in [2.24, 2.45) is 0 Å². The molecule has 2 aromatic rings. The predicted octanol–water partition coefficient (Wildman–Crippen LogP) is 4.48. The van der Waals surface area contributed by atoms with Gasteiger partial charge in [0, 0.05) is 17.5 Å². The van der Waals surface area contributed by atoms with E-state index in [9.17, 15) is 21.6 Å². The van der Waals surface area contributed by atoms with Crippen LogP contribution < -0.4 is 5.32 Å². The maximum atomic E-state index is 12.9. The van der Waals surface area contributed by atoms with Crippen LogP contribution in [0.3, 0.4) is 0 Å². The van der Waals surface area contributed by atoms with Crippen LogP contribution in [0.2, 0.25) is 0 Å². The Labute approximate surface area is 152 Å². The van der Waals surface area contributed by atoms with Gasteiger partial charge in [0.25, 0.3) is 0 Å². The van der Waals surface area contributed by atoms with Gasteiger partial charge in [-0.15, -0.1) is 11.3 Å². The van der Waals surface area contributed by atoms with Gasteiger partial charge in [-0.3, -0.25) is 0 Å². The van der Waals surface area contributed by atoms with Crippen LogP contribution in [-0.4, -0.2) is 19.2 Å². The first-order valence-electron chi connectivity index (χ1n) is 7.69. The Hall–Kier alpha value is -2.13. The van der Waals surface area contributed by atoms with Crippen LogP contribution in [0.15, 0.2) is 47.2 Å². The lowest BCUT2D eigenvalue weighted by Gasteiger charge is -2.12. The topological polar surface area (TPSA) is 59.1 Å². The van der Waals surface area contributed by atoms with Crippen LogP contribution >= 0.6 is 11.3 Å². The first-order chi connectivity index (χ1) is 12.1. The average molecular weight is 400 g/mol. The normalized spacial score (nSPS) is 15.8. The molecule has 2 heterocycles. The molecule has 1 aromatic carbocycles. The van der Waals surface area contributed by atoms with Crippen molar-refractivity contribution in [2.45, 2.75) is 20.0 Å². The average Bonchev–Trinajstić information content (AvgIpc) is 2.88. The van der Waals surface area contributed by atoms with E-state index < -0.39 is 21.6 Å². The lowest BCUT2D eigenvalue weighted by atomic mass is 10.2. The molecule has 1 N–H and O–H groups in total. The van der Waals surface area contributed by atoms with Crippen molar-refractivity contribution in [3.8, 4) is 0 Å². The first-order valence-corrected chi connectivity index (χ1v) is 10.2. The Morgan fingerprint density at radius 1 is 1.27 bits per heavy atom. The van der Waals surface area contributed by atoms with Crippen molar-refractivity contribution >= 4 is 37.0 Å². The summed E-state index contributed by atoms with van der Waals surface area (Å²) in [5.41, 5.74) is 0.347. The highest BCUT2D eigenvalue weighted by molar-refractivity contribution is 7.95. The first kappa shape index (κ1) is 18.7. The summed E-state index contributed by atoms with van der Waals surface area (Å²) in [6, 6.07) is 3.33. The highest BCUT2D eigenvalue weighted by atomic mass is 32.2. The van der Waals surface area contributed by atoms with Crippen molar-refractivity contribution in [3.63, 3.8) is 0 Å². The number of hydrogen-bond donors (Lipinski definition) is 1. The minimum atomic E-state index is -4.46. The molecule has 0 saturated heterocycles. The third-order valence-electron chi connectivity index (χ3n) is 3.91. The van der Waals surface area contributed by atoms with E-state index in [0.717, 1.165) is 23.5 Å². The molecule has 0 spiro atoms. The molecular weight excluding hydrogens is 385 g/mol. The van der Waals surface area contributed by atoms with E-state index in [1.165, 1.54) is 12.1 Å². The summed E-state index contributed by atoms with van der Waals surface area (Å²) in [4.78, 5) is 4.39. The van der Waals surface area contributed by atoms with Crippen molar-refractivity contribution in [1.29, 1.82) is 0 Å². The summed E-state index contributed by atoms with van der Waals surface area (Å²) >= 11 is 1.16. The van der Waals surface area contributed by atoms with E-state index in [1.54, 1.807) is 26.1 Å². The standard InChI is InChI=1S/C17H15F3N2O2S2/c1-3-26(23,24)14-5-4-8-21-10(2)15(14)16-22-12-9-11(17(18,19)20)6-7-13(12)25-16/h4-9,21H,3H2,1-2H3. The zero-order valence-corrected chi connectivity index (χ0v) is 15.5. The number of aromatic nitrogens is 1. The van der Waals surface area contributed by atoms with Gasteiger partial charge in [-0.25, -0.2) is 13.4 Å². The van der Waals surface area contributed by atoms with Gasteiger partial charge in [0.2, 0.25) is 0 Å². The van der Waals surface area contributed by atoms with Gasteiger partial charge in [-0.2, -0.15) is 13.2 Å². The Kier molecular flexibility index (Phi) is 4.70. The third kappa shape index (κ3) is 3.41. The summed E-state index contributed by atoms with van der Waals surface area (Å²) in [5.74, 6) is -0.0907. The van der Waals surface area contributed by atoms with Crippen LogP contribution in [0.5, 0.6) is 0 Å². The fraction of sp³-hybridized carbons (Fsp3) is 0.235. The van der Waals surface area contributed by atoms with Gasteiger partial charge in [0.05, 0.1) is 26.4 Å². The zero-order valence-electron chi connectivity index (χ0n) is 13.9. The minimum Gasteiger partial charge on any atom is -0.365 e. The maximum absolute atomic E-state index is 12.9. The van der Waals surface area contributed by atoms with E-state index in [1.807, 2.05) is 0 Å². The molecule has 0 fully saturated rings. The fourth-order valence-corrected chi connectivity index (χ4v) is 4.82. The SMILES string of the molecule is CCS(=O)(=O)C1=CC=CNC(C)=C1c1nc2cc(C(F)(F)F)ccc2s1. The summed E-state index contributed by atoms with van der Waals surface area (Å²) in [5, 5.41) is 3.33. The zero-order chi connectivity index (χ0) is 19.1. The Balaban J connectivity index is 2.20. The van der Waals surface area contributed by atoms with Gasteiger partial charge in [0.15, 0.2) is 9.84 Å². The molecule has 3 rings (SSSR count).